The van der Waals surface area contributed by atoms with E-state index in [1.54, 1.807) is 39.8 Å². The Morgan fingerprint density at radius 1 is 0.706 bits per heavy atom. The number of hydrogen-bond acceptors (Lipinski definition) is 8. The quantitative estimate of drug-likeness (QED) is 0.249. The smallest absolute Gasteiger partial charge is 0.360 e. The van der Waals surface area contributed by atoms with E-state index >= 15 is 0 Å². The van der Waals surface area contributed by atoms with Crippen LogP contribution in [0.15, 0.2) is 12.1 Å². The van der Waals surface area contributed by atoms with Gasteiger partial charge in [-0.15, -0.1) is 22.7 Å². The van der Waals surface area contributed by atoms with Crippen LogP contribution < -0.4 is 8.37 Å². The zero-order valence-corrected chi connectivity index (χ0v) is 22.7. The molecule has 34 heavy (non-hydrogen) atoms. The molecule has 2 N–H and O–H groups in total. The maximum atomic E-state index is 11.8. The standard InChI is InChI=1S/C20H16Cl2O8S4/c1-7-5-11(21)9(3)13-15(29-33(23,24)25)19(31-17(7)13)20-16(30-34(26,27)28)14-10(4)12(22)6-8(2)18(14)32-20/h5-6H,1-4H3,(H,23,24,25)(H,26,27,28). The lowest BCUT2D eigenvalue weighted by atomic mass is 10.1. The van der Waals surface area contributed by atoms with Gasteiger partial charge in [-0.1, -0.05) is 23.2 Å². The van der Waals surface area contributed by atoms with Gasteiger partial charge in [-0.2, -0.15) is 16.8 Å². The van der Waals surface area contributed by atoms with Crippen molar-refractivity contribution in [2.75, 3.05) is 0 Å². The third-order valence-corrected chi connectivity index (χ3v) is 9.50. The van der Waals surface area contributed by atoms with E-state index in [-0.39, 0.29) is 21.3 Å². The van der Waals surface area contributed by atoms with E-state index in [2.05, 4.69) is 0 Å². The number of benzene rings is 2. The predicted molar refractivity (Wildman–Crippen MR) is 136 cm³/mol. The van der Waals surface area contributed by atoms with E-state index in [1.165, 1.54) is 0 Å². The molecule has 0 aliphatic heterocycles. The van der Waals surface area contributed by atoms with Gasteiger partial charge in [0.2, 0.25) is 0 Å². The zero-order chi connectivity index (χ0) is 25.3. The molecule has 182 valence electrons. The average molecular weight is 584 g/mol. The highest BCUT2D eigenvalue weighted by Crippen LogP contribution is 2.56. The molecule has 0 saturated carbocycles. The molecule has 0 amide bonds. The minimum absolute atomic E-state index is 0.163. The fraction of sp³-hybridized carbons (Fsp3) is 0.200. The van der Waals surface area contributed by atoms with Crippen LogP contribution in [-0.4, -0.2) is 25.9 Å². The second-order valence-corrected chi connectivity index (χ2v) is 12.5. The highest BCUT2D eigenvalue weighted by atomic mass is 35.5. The lowest BCUT2D eigenvalue weighted by Crippen LogP contribution is -2.08. The van der Waals surface area contributed by atoms with E-state index in [0.29, 0.717) is 52.5 Å². The Labute approximate surface area is 213 Å². The predicted octanol–water partition coefficient (Wildman–Crippen LogP) is 6.69. The molecule has 0 spiro atoms. The van der Waals surface area contributed by atoms with Crippen LogP contribution in [0.4, 0.5) is 0 Å². The molecule has 2 aromatic carbocycles. The molecule has 0 atom stereocenters. The van der Waals surface area contributed by atoms with Gasteiger partial charge in [0.05, 0.1) is 9.75 Å². The Hall–Kier alpha value is -1.64. The Morgan fingerprint density at radius 3 is 1.32 bits per heavy atom. The van der Waals surface area contributed by atoms with Gasteiger partial charge in [-0.05, 0) is 62.1 Å². The first-order valence-corrected chi connectivity index (χ1v) is 14.5. The SMILES string of the molecule is Cc1cc(Cl)c(C)c2c(OS(=O)(=O)O)c(-c3sc4c(C)cc(Cl)c(C)c4c3OS(=O)(=O)O)sc12. The number of halogens is 2. The second-order valence-electron chi connectivity index (χ2n) is 7.55. The van der Waals surface area contributed by atoms with Crippen LogP contribution in [-0.2, 0) is 20.8 Å². The molecule has 0 bridgehead atoms. The average Bonchev–Trinajstić information content (AvgIpc) is 3.21. The Kier molecular flexibility index (Phi) is 6.35. The Balaban J connectivity index is 2.23. The molecule has 0 unspecified atom stereocenters. The van der Waals surface area contributed by atoms with Crippen LogP contribution in [0.2, 0.25) is 10.0 Å². The number of thiophene rings is 2. The van der Waals surface area contributed by atoms with Crippen LogP contribution in [0.3, 0.4) is 0 Å². The van der Waals surface area contributed by atoms with E-state index in [1.807, 2.05) is 0 Å². The van der Waals surface area contributed by atoms with Crippen LogP contribution in [0.5, 0.6) is 11.5 Å². The summed E-state index contributed by atoms with van der Waals surface area (Å²) in [7, 11) is -9.95. The Morgan fingerprint density at radius 2 is 1.03 bits per heavy atom. The topological polar surface area (TPSA) is 127 Å². The van der Waals surface area contributed by atoms with Gasteiger partial charge in [-0.3, -0.25) is 9.11 Å². The molecule has 4 rings (SSSR count). The molecule has 2 heterocycles. The molecule has 2 aromatic heterocycles. The van der Waals surface area contributed by atoms with Gasteiger partial charge in [0.1, 0.15) is 0 Å². The zero-order valence-electron chi connectivity index (χ0n) is 17.9. The molecule has 0 radical (unpaired) electrons. The van der Waals surface area contributed by atoms with Crippen molar-refractivity contribution < 1.29 is 34.3 Å². The van der Waals surface area contributed by atoms with Crippen LogP contribution in [0.25, 0.3) is 29.9 Å². The maximum absolute atomic E-state index is 11.8. The van der Waals surface area contributed by atoms with Crippen molar-refractivity contribution in [1.82, 2.24) is 0 Å². The number of aryl methyl sites for hydroxylation is 4. The van der Waals surface area contributed by atoms with E-state index < -0.39 is 20.8 Å². The third kappa shape index (κ3) is 4.49. The normalized spacial score (nSPS) is 12.6. The highest BCUT2D eigenvalue weighted by molar-refractivity contribution is 7.81. The monoisotopic (exact) mass is 582 g/mol. The van der Waals surface area contributed by atoms with Crippen molar-refractivity contribution in [2.24, 2.45) is 0 Å². The molecule has 14 heteroatoms. The van der Waals surface area contributed by atoms with Crippen molar-refractivity contribution in [3.05, 3.63) is 44.4 Å². The summed E-state index contributed by atoms with van der Waals surface area (Å²) in [6, 6.07) is 3.40. The minimum Gasteiger partial charge on any atom is -0.360 e. The van der Waals surface area contributed by atoms with Crippen molar-refractivity contribution in [3.8, 4) is 21.3 Å². The van der Waals surface area contributed by atoms with Crippen molar-refractivity contribution >= 4 is 86.8 Å². The molecular formula is C20H16Cl2O8S4. The molecule has 0 saturated heterocycles. The van der Waals surface area contributed by atoms with Gasteiger partial charge < -0.3 is 8.37 Å². The van der Waals surface area contributed by atoms with Crippen LogP contribution in [0.1, 0.15) is 22.3 Å². The fourth-order valence-electron chi connectivity index (χ4n) is 3.70. The minimum atomic E-state index is -4.97. The van der Waals surface area contributed by atoms with Crippen molar-refractivity contribution in [3.63, 3.8) is 0 Å². The molecule has 0 aliphatic rings. The van der Waals surface area contributed by atoms with E-state index in [9.17, 15) is 25.9 Å². The van der Waals surface area contributed by atoms with Crippen LogP contribution in [0, 0.1) is 27.7 Å². The maximum Gasteiger partial charge on any atom is 0.446 e. The first-order valence-electron chi connectivity index (χ1n) is 9.37. The van der Waals surface area contributed by atoms with E-state index in [4.69, 9.17) is 31.6 Å². The molecule has 0 aliphatic carbocycles. The fourth-order valence-corrected chi connectivity index (χ4v) is 7.72. The van der Waals surface area contributed by atoms with Crippen molar-refractivity contribution in [2.45, 2.75) is 27.7 Å². The summed E-state index contributed by atoms with van der Waals surface area (Å²) >= 11 is 14.8. The lowest BCUT2D eigenvalue weighted by molar-refractivity contribution is 0.385. The summed E-state index contributed by atoms with van der Waals surface area (Å²) in [4.78, 5) is 0.326. The number of hydrogen-bond donors (Lipinski definition) is 2. The molecule has 8 nitrogen and oxygen atoms in total. The number of fused-ring (bicyclic) bond motifs is 2. The van der Waals surface area contributed by atoms with Gasteiger partial charge in [0, 0.05) is 30.2 Å². The Bertz CT molecular complexity index is 1590. The van der Waals surface area contributed by atoms with Crippen molar-refractivity contribution in [1.29, 1.82) is 0 Å². The van der Waals surface area contributed by atoms with Gasteiger partial charge >= 0.3 is 20.8 Å². The summed E-state index contributed by atoms with van der Waals surface area (Å²) in [6.07, 6.45) is 0. The first kappa shape index (κ1) is 25.5. The van der Waals surface area contributed by atoms with Gasteiger partial charge in [-0.25, -0.2) is 0 Å². The second kappa shape index (κ2) is 8.49. The van der Waals surface area contributed by atoms with E-state index in [0.717, 1.165) is 22.7 Å². The summed E-state index contributed by atoms with van der Waals surface area (Å²) in [5.41, 5.74) is 2.40. The molecular weight excluding hydrogens is 567 g/mol. The largest absolute Gasteiger partial charge is 0.446 e. The summed E-state index contributed by atoms with van der Waals surface area (Å²) < 4.78 is 77.3. The van der Waals surface area contributed by atoms with Gasteiger partial charge in [0.25, 0.3) is 0 Å². The van der Waals surface area contributed by atoms with Gasteiger partial charge in [0.15, 0.2) is 11.5 Å². The molecule has 0 fully saturated rings. The van der Waals surface area contributed by atoms with Crippen LogP contribution >= 0.6 is 45.9 Å². The summed E-state index contributed by atoms with van der Waals surface area (Å²) in [5, 5.41) is 1.37. The first-order chi connectivity index (χ1) is 15.6. The number of rotatable bonds is 5. The summed E-state index contributed by atoms with van der Waals surface area (Å²) in [5.74, 6) is -0.475. The third-order valence-electron chi connectivity index (χ3n) is 5.18. The molecule has 4 aromatic rings. The lowest BCUT2D eigenvalue weighted by Gasteiger charge is -2.09. The summed E-state index contributed by atoms with van der Waals surface area (Å²) in [6.45, 7) is 6.84. The highest BCUT2D eigenvalue weighted by Gasteiger charge is 2.30.